The van der Waals surface area contributed by atoms with Crippen molar-refractivity contribution in [2.75, 3.05) is 12.8 Å². The number of thioether (sulfide) groups is 1. The number of hydrogen-bond acceptors (Lipinski definition) is 4. The lowest BCUT2D eigenvalue weighted by atomic mass is 10.1. The molecule has 1 aromatic carbocycles. The maximum atomic E-state index is 6.03. The van der Waals surface area contributed by atoms with Gasteiger partial charge in [-0.25, -0.2) is 0 Å². The molecular formula is C15H18N2OS. The van der Waals surface area contributed by atoms with Gasteiger partial charge in [0.1, 0.15) is 5.75 Å². The normalized spacial score (nSPS) is 10.5. The van der Waals surface area contributed by atoms with E-state index in [-0.39, 0.29) is 0 Å². The maximum Gasteiger partial charge on any atom is 0.132 e. The van der Waals surface area contributed by atoms with Gasteiger partial charge in [-0.3, -0.25) is 4.98 Å². The summed E-state index contributed by atoms with van der Waals surface area (Å²) in [6.07, 6.45) is 1.83. The standard InChI is InChI=1S/C15H18N2OS/c1-10-8-17-12(11(2)15(10)16)9-19-14-7-5-4-6-13(14)18-3/h4-8H,9H2,1-3H3,(H2,16,17). The number of rotatable bonds is 4. The third-order valence-electron chi connectivity index (χ3n) is 3.11. The number of aryl methyl sites for hydroxylation is 1. The summed E-state index contributed by atoms with van der Waals surface area (Å²) < 4.78 is 5.34. The van der Waals surface area contributed by atoms with Gasteiger partial charge >= 0.3 is 0 Å². The molecule has 0 aliphatic rings. The highest BCUT2D eigenvalue weighted by Crippen LogP contribution is 2.32. The van der Waals surface area contributed by atoms with Crippen LogP contribution in [0.5, 0.6) is 5.75 Å². The second kappa shape index (κ2) is 5.97. The average Bonchev–Trinajstić information content (AvgIpc) is 2.44. The van der Waals surface area contributed by atoms with Crippen LogP contribution >= 0.6 is 11.8 Å². The fraction of sp³-hybridized carbons (Fsp3) is 0.267. The molecule has 100 valence electrons. The van der Waals surface area contributed by atoms with Crippen LogP contribution in [0.4, 0.5) is 5.69 Å². The van der Waals surface area contributed by atoms with E-state index in [9.17, 15) is 0 Å². The van der Waals surface area contributed by atoms with Gasteiger partial charge in [0.15, 0.2) is 0 Å². The molecule has 0 aliphatic heterocycles. The third-order valence-corrected chi connectivity index (χ3v) is 4.18. The lowest BCUT2D eigenvalue weighted by Gasteiger charge is -2.11. The van der Waals surface area contributed by atoms with Crippen LogP contribution in [0.1, 0.15) is 16.8 Å². The molecule has 0 aliphatic carbocycles. The Morgan fingerprint density at radius 3 is 2.74 bits per heavy atom. The lowest BCUT2D eigenvalue weighted by molar-refractivity contribution is 0.405. The molecule has 2 N–H and O–H groups in total. The molecule has 1 aromatic heterocycles. The monoisotopic (exact) mass is 274 g/mol. The summed E-state index contributed by atoms with van der Waals surface area (Å²) in [6, 6.07) is 7.99. The highest BCUT2D eigenvalue weighted by atomic mass is 32.2. The molecule has 3 nitrogen and oxygen atoms in total. The van der Waals surface area contributed by atoms with E-state index in [1.54, 1.807) is 18.9 Å². The molecular weight excluding hydrogens is 256 g/mol. The minimum Gasteiger partial charge on any atom is -0.496 e. The lowest BCUT2D eigenvalue weighted by Crippen LogP contribution is -2.00. The number of hydrogen-bond donors (Lipinski definition) is 1. The van der Waals surface area contributed by atoms with Crippen LogP contribution in [0.15, 0.2) is 35.4 Å². The number of nitrogen functional groups attached to an aromatic ring is 1. The van der Waals surface area contributed by atoms with Crippen molar-refractivity contribution in [1.82, 2.24) is 4.98 Å². The summed E-state index contributed by atoms with van der Waals surface area (Å²) in [6.45, 7) is 4.00. The van der Waals surface area contributed by atoms with Gasteiger partial charge in [0, 0.05) is 22.5 Å². The predicted molar refractivity (Wildman–Crippen MR) is 80.7 cm³/mol. The molecule has 0 saturated carbocycles. The molecule has 1 heterocycles. The first-order chi connectivity index (χ1) is 9.13. The highest BCUT2D eigenvalue weighted by molar-refractivity contribution is 7.98. The van der Waals surface area contributed by atoms with E-state index in [4.69, 9.17) is 10.5 Å². The number of aromatic nitrogens is 1. The molecule has 0 radical (unpaired) electrons. The molecule has 0 unspecified atom stereocenters. The molecule has 0 fully saturated rings. The molecule has 0 atom stereocenters. The minimum atomic E-state index is 0.788. The SMILES string of the molecule is COc1ccccc1SCc1ncc(C)c(N)c1C. The van der Waals surface area contributed by atoms with Gasteiger partial charge in [-0.2, -0.15) is 0 Å². The van der Waals surface area contributed by atoms with Crippen molar-refractivity contribution in [3.05, 3.63) is 47.3 Å². The Labute approximate surface area is 118 Å². The number of pyridine rings is 1. The zero-order valence-corrected chi connectivity index (χ0v) is 12.3. The highest BCUT2D eigenvalue weighted by Gasteiger charge is 2.08. The molecule has 0 bridgehead atoms. The summed E-state index contributed by atoms with van der Waals surface area (Å²) in [5.74, 6) is 1.68. The largest absolute Gasteiger partial charge is 0.496 e. The number of benzene rings is 1. The number of nitrogens with two attached hydrogens (primary N) is 1. The number of ether oxygens (including phenoxy) is 1. The molecule has 2 aromatic rings. The average molecular weight is 274 g/mol. The van der Waals surface area contributed by atoms with Crippen molar-refractivity contribution in [3.8, 4) is 5.75 Å². The summed E-state index contributed by atoms with van der Waals surface area (Å²) in [5.41, 5.74) is 10.0. The second-order valence-corrected chi connectivity index (χ2v) is 5.38. The molecule has 0 amide bonds. The van der Waals surface area contributed by atoms with Crippen LogP contribution in [0.2, 0.25) is 0 Å². The summed E-state index contributed by atoms with van der Waals surface area (Å²) >= 11 is 1.71. The Bertz CT molecular complexity index is 584. The van der Waals surface area contributed by atoms with Crippen molar-refractivity contribution in [2.24, 2.45) is 0 Å². The fourth-order valence-corrected chi connectivity index (χ4v) is 2.87. The first kappa shape index (κ1) is 13.7. The summed E-state index contributed by atoms with van der Waals surface area (Å²) in [7, 11) is 1.69. The molecule has 19 heavy (non-hydrogen) atoms. The Morgan fingerprint density at radius 2 is 2.00 bits per heavy atom. The summed E-state index contributed by atoms with van der Waals surface area (Å²) in [5, 5.41) is 0. The van der Waals surface area contributed by atoms with Crippen LogP contribution in [-0.2, 0) is 5.75 Å². The Kier molecular flexibility index (Phi) is 4.32. The van der Waals surface area contributed by atoms with Crippen molar-refractivity contribution in [2.45, 2.75) is 24.5 Å². The third kappa shape index (κ3) is 3.01. The Morgan fingerprint density at radius 1 is 1.26 bits per heavy atom. The smallest absolute Gasteiger partial charge is 0.132 e. The van der Waals surface area contributed by atoms with Crippen molar-refractivity contribution in [3.63, 3.8) is 0 Å². The van der Waals surface area contributed by atoms with Crippen LogP contribution in [0.3, 0.4) is 0 Å². The van der Waals surface area contributed by atoms with Crippen LogP contribution in [-0.4, -0.2) is 12.1 Å². The molecule has 4 heteroatoms. The van der Waals surface area contributed by atoms with Gasteiger partial charge in [0.05, 0.1) is 12.8 Å². The Balaban J connectivity index is 2.17. The van der Waals surface area contributed by atoms with Gasteiger partial charge in [0.25, 0.3) is 0 Å². The minimum absolute atomic E-state index is 0.788. The van der Waals surface area contributed by atoms with E-state index in [1.165, 1.54) is 0 Å². The van der Waals surface area contributed by atoms with Gasteiger partial charge in [-0.05, 0) is 37.1 Å². The van der Waals surface area contributed by atoms with Gasteiger partial charge in [-0.1, -0.05) is 12.1 Å². The number of methoxy groups -OCH3 is 1. The van der Waals surface area contributed by atoms with Crippen molar-refractivity contribution >= 4 is 17.4 Å². The van der Waals surface area contributed by atoms with E-state index >= 15 is 0 Å². The number of nitrogens with zero attached hydrogens (tertiary/aromatic N) is 1. The van der Waals surface area contributed by atoms with E-state index in [0.29, 0.717) is 0 Å². The topological polar surface area (TPSA) is 48.1 Å². The van der Waals surface area contributed by atoms with Gasteiger partial charge in [0.2, 0.25) is 0 Å². The van der Waals surface area contributed by atoms with Crippen LogP contribution in [0.25, 0.3) is 0 Å². The van der Waals surface area contributed by atoms with Crippen LogP contribution < -0.4 is 10.5 Å². The number of para-hydroxylation sites is 1. The van der Waals surface area contributed by atoms with Gasteiger partial charge < -0.3 is 10.5 Å². The molecule has 2 rings (SSSR count). The zero-order chi connectivity index (χ0) is 13.8. The van der Waals surface area contributed by atoms with E-state index in [2.05, 4.69) is 11.1 Å². The van der Waals surface area contributed by atoms with Crippen molar-refractivity contribution < 1.29 is 4.74 Å². The van der Waals surface area contributed by atoms with Gasteiger partial charge in [-0.15, -0.1) is 11.8 Å². The van der Waals surface area contributed by atoms with Crippen LogP contribution in [0, 0.1) is 13.8 Å². The maximum absolute atomic E-state index is 6.03. The number of anilines is 1. The molecule has 0 spiro atoms. The first-order valence-electron chi connectivity index (χ1n) is 6.10. The summed E-state index contributed by atoms with van der Waals surface area (Å²) in [4.78, 5) is 5.58. The van der Waals surface area contributed by atoms with Crippen molar-refractivity contribution in [1.29, 1.82) is 0 Å². The Hall–Kier alpha value is -1.68. The van der Waals surface area contributed by atoms with E-state index < -0.39 is 0 Å². The first-order valence-corrected chi connectivity index (χ1v) is 7.08. The fourth-order valence-electron chi connectivity index (χ4n) is 1.82. The zero-order valence-electron chi connectivity index (χ0n) is 11.4. The predicted octanol–water partition coefficient (Wildman–Crippen LogP) is 3.58. The molecule has 0 saturated heterocycles. The van der Waals surface area contributed by atoms with E-state index in [0.717, 1.165) is 38.9 Å². The quantitative estimate of drug-likeness (QED) is 0.866. The van der Waals surface area contributed by atoms with E-state index in [1.807, 2.05) is 38.2 Å². The second-order valence-electron chi connectivity index (χ2n) is 4.37.